The van der Waals surface area contributed by atoms with Gasteiger partial charge in [0.25, 0.3) is 0 Å². The molecule has 9 heteroatoms. The van der Waals surface area contributed by atoms with Crippen molar-refractivity contribution in [2.75, 3.05) is 25.9 Å². The van der Waals surface area contributed by atoms with Crippen molar-refractivity contribution < 1.29 is 23.1 Å². The number of aliphatic carboxylic acids is 1. The number of urea groups is 1. The summed E-state index contributed by atoms with van der Waals surface area (Å²) in [5.41, 5.74) is 0. The molecule has 100 valence electrons. The smallest absolute Gasteiger partial charge is 0.314 e. The summed E-state index contributed by atoms with van der Waals surface area (Å²) >= 11 is 0. The van der Waals surface area contributed by atoms with Crippen LogP contribution in [0.2, 0.25) is 0 Å². The second kappa shape index (κ2) is 7.85. The molecule has 0 saturated carbocycles. The third-order valence-electron chi connectivity index (χ3n) is 1.82. The van der Waals surface area contributed by atoms with Crippen molar-refractivity contribution in [3.05, 3.63) is 0 Å². The van der Waals surface area contributed by atoms with Gasteiger partial charge in [0.05, 0.1) is 5.75 Å². The summed E-state index contributed by atoms with van der Waals surface area (Å²) in [6.45, 7) is 0.227. The van der Waals surface area contributed by atoms with E-state index in [9.17, 15) is 18.0 Å². The van der Waals surface area contributed by atoms with Gasteiger partial charge in [0.2, 0.25) is 10.0 Å². The number of sulfonamides is 1. The third kappa shape index (κ3) is 9.57. The summed E-state index contributed by atoms with van der Waals surface area (Å²) in [6.07, 6.45) is 0.311. The van der Waals surface area contributed by atoms with Crippen molar-refractivity contribution in [3.8, 4) is 0 Å². The Morgan fingerprint density at radius 1 is 1.18 bits per heavy atom. The first-order valence-electron chi connectivity index (χ1n) is 5.02. The van der Waals surface area contributed by atoms with Crippen LogP contribution in [-0.2, 0) is 14.8 Å². The second-order valence-corrected chi connectivity index (χ2v) is 5.25. The largest absolute Gasteiger partial charge is 0.481 e. The van der Waals surface area contributed by atoms with E-state index in [1.807, 2.05) is 0 Å². The molecule has 8 nitrogen and oxygen atoms in total. The number of hydrogen-bond acceptors (Lipinski definition) is 4. The van der Waals surface area contributed by atoms with Crippen molar-refractivity contribution in [2.24, 2.45) is 0 Å². The van der Waals surface area contributed by atoms with Gasteiger partial charge in [-0.3, -0.25) is 4.79 Å². The number of carboxylic acids is 1. The average Bonchev–Trinajstić information content (AvgIpc) is 2.24. The Hall–Kier alpha value is -1.35. The third-order valence-corrected chi connectivity index (χ3v) is 3.18. The van der Waals surface area contributed by atoms with Gasteiger partial charge in [-0.1, -0.05) is 0 Å². The van der Waals surface area contributed by atoms with Crippen LogP contribution in [0.5, 0.6) is 0 Å². The molecule has 0 aliphatic carbocycles. The molecule has 0 aromatic heterocycles. The normalized spacial score (nSPS) is 10.9. The number of hydrogen-bond donors (Lipinski definition) is 4. The van der Waals surface area contributed by atoms with Crippen molar-refractivity contribution in [2.45, 2.75) is 12.8 Å². The highest BCUT2D eigenvalue weighted by Crippen LogP contribution is 1.85. The van der Waals surface area contributed by atoms with Gasteiger partial charge in [-0.25, -0.2) is 17.9 Å². The number of amides is 2. The molecule has 0 atom stereocenters. The van der Waals surface area contributed by atoms with E-state index in [-0.39, 0.29) is 25.3 Å². The molecule has 2 amide bonds. The molecule has 0 aromatic carbocycles. The number of rotatable bonds is 8. The summed E-state index contributed by atoms with van der Waals surface area (Å²) in [5, 5.41) is 13.1. The molecule has 4 N–H and O–H groups in total. The molecule has 0 aromatic rings. The Morgan fingerprint density at radius 2 is 1.76 bits per heavy atom. The fourth-order valence-electron chi connectivity index (χ4n) is 0.905. The van der Waals surface area contributed by atoms with Gasteiger partial charge in [0.1, 0.15) is 0 Å². The highest BCUT2D eigenvalue weighted by atomic mass is 32.2. The summed E-state index contributed by atoms with van der Waals surface area (Å²) < 4.78 is 24.1. The van der Waals surface area contributed by atoms with Crippen LogP contribution in [0.25, 0.3) is 0 Å². The molecule has 0 aliphatic heterocycles. The second-order valence-electron chi connectivity index (χ2n) is 3.20. The van der Waals surface area contributed by atoms with E-state index in [2.05, 4.69) is 15.4 Å². The highest BCUT2D eigenvalue weighted by molar-refractivity contribution is 7.89. The maximum atomic E-state index is 11.1. The van der Waals surface area contributed by atoms with Gasteiger partial charge in [0.15, 0.2) is 0 Å². The SMILES string of the molecule is CNS(=O)(=O)CCNC(=O)NCCCC(=O)O. The van der Waals surface area contributed by atoms with E-state index < -0.39 is 22.0 Å². The Bertz CT molecular complexity index is 354. The van der Waals surface area contributed by atoms with E-state index in [1.54, 1.807) is 0 Å². The number of nitrogens with one attached hydrogen (secondary N) is 3. The van der Waals surface area contributed by atoms with Crippen molar-refractivity contribution in [1.82, 2.24) is 15.4 Å². The number of carboxylic acid groups (broad SMARTS) is 1. The first kappa shape index (κ1) is 15.7. The summed E-state index contributed by atoms with van der Waals surface area (Å²) in [7, 11) is -2.03. The zero-order valence-electron chi connectivity index (χ0n) is 9.52. The summed E-state index contributed by atoms with van der Waals surface area (Å²) in [5.74, 6) is -1.13. The Kier molecular flexibility index (Phi) is 7.22. The lowest BCUT2D eigenvalue weighted by atomic mass is 10.3. The van der Waals surface area contributed by atoms with Gasteiger partial charge in [0, 0.05) is 19.5 Å². The summed E-state index contributed by atoms with van der Waals surface area (Å²) in [6, 6.07) is -0.512. The Labute approximate surface area is 99.8 Å². The van der Waals surface area contributed by atoms with Gasteiger partial charge in [-0.2, -0.15) is 0 Å². The van der Waals surface area contributed by atoms with E-state index in [4.69, 9.17) is 5.11 Å². The average molecular weight is 267 g/mol. The quantitative estimate of drug-likeness (QED) is 0.407. The predicted molar refractivity (Wildman–Crippen MR) is 61.1 cm³/mol. The molecule has 0 heterocycles. The van der Waals surface area contributed by atoms with E-state index in [0.29, 0.717) is 6.42 Å². The molecule has 0 unspecified atom stereocenters. The molecular weight excluding hydrogens is 250 g/mol. The predicted octanol–water partition coefficient (Wildman–Crippen LogP) is -1.30. The fraction of sp³-hybridized carbons (Fsp3) is 0.750. The maximum absolute atomic E-state index is 11.1. The van der Waals surface area contributed by atoms with Gasteiger partial charge >= 0.3 is 12.0 Å². The van der Waals surface area contributed by atoms with Crippen molar-refractivity contribution in [3.63, 3.8) is 0 Å². The zero-order chi connectivity index (χ0) is 13.3. The van der Waals surface area contributed by atoms with Crippen LogP contribution in [0.15, 0.2) is 0 Å². The molecule has 0 saturated heterocycles. The Morgan fingerprint density at radius 3 is 2.29 bits per heavy atom. The molecule has 0 aliphatic rings. The van der Waals surface area contributed by atoms with Crippen LogP contribution >= 0.6 is 0 Å². The van der Waals surface area contributed by atoms with Crippen LogP contribution < -0.4 is 15.4 Å². The van der Waals surface area contributed by atoms with E-state index in [0.717, 1.165) is 0 Å². The number of carbonyl (C=O) groups is 2. The van der Waals surface area contributed by atoms with E-state index in [1.165, 1.54) is 7.05 Å². The van der Waals surface area contributed by atoms with Crippen LogP contribution in [0, 0.1) is 0 Å². The van der Waals surface area contributed by atoms with E-state index >= 15 is 0 Å². The first-order chi connectivity index (χ1) is 7.87. The summed E-state index contributed by atoms with van der Waals surface area (Å²) in [4.78, 5) is 21.2. The van der Waals surface area contributed by atoms with Crippen molar-refractivity contribution >= 4 is 22.0 Å². The fourth-order valence-corrected chi connectivity index (χ4v) is 1.48. The maximum Gasteiger partial charge on any atom is 0.314 e. The van der Waals surface area contributed by atoms with Crippen LogP contribution in [0.4, 0.5) is 4.79 Å². The van der Waals surface area contributed by atoms with Crippen LogP contribution in [0.3, 0.4) is 0 Å². The topological polar surface area (TPSA) is 125 Å². The zero-order valence-corrected chi connectivity index (χ0v) is 10.3. The minimum atomic E-state index is -3.32. The molecule has 0 spiro atoms. The van der Waals surface area contributed by atoms with Crippen LogP contribution in [0.1, 0.15) is 12.8 Å². The first-order valence-corrected chi connectivity index (χ1v) is 6.67. The van der Waals surface area contributed by atoms with Crippen molar-refractivity contribution in [1.29, 1.82) is 0 Å². The molecule has 0 bridgehead atoms. The number of carbonyl (C=O) groups excluding carboxylic acids is 1. The molecule has 0 radical (unpaired) electrons. The molecule has 0 rings (SSSR count). The minimum absolute atomic E-state index is 0.00601. The lowest BCUT2D eigenvalue weighted by Gasteiger charge is -2.07. The standard InChI is InChI=1S/C8H17N3O5S/c1-9-17(15,16)6-5-11-8(14)10-4-2-3-7(12)13/h9H,2-6H2,1H3,(H,12,13)(H2,10,11,14). The Balaban J connectivity index is 3.57. The molecular formula is C8H17N3O5S. The van der Waals surface area contributed by atoms with Gasteiger partial charge in [-0.05, 0) is 13.5 Å². The molecule has 17 heavy (non-hydrogen) atoms. The minimum Gasteiger partial charge on any atom is -0.481 e. The monoisotopic (exact) mass is 267 g/mol. The van der Waals surface area contributed by atoms with Crippen LogP contribution in [-0.4, -0.2) is 51.4 Å². The lowest BCUT2D eigenvalue weighted by Crippen LogP contribution is -2.39. The van der Waals surface area contributed by atoms with Gasteiger partial charge in [-0.15, -0.1) is 0 Å². The van der Waals surface area contributed by atoms with Gasteiger partial charge < -0.3 is 15.7 Å². The molecule has 0 fully saturated rings. The lowest BCUT2D eigenvalue weighted by molar-refractivity contribution is -0.137. The highest BCUT2D eigenvalue weighted by Gasteiger charge is 2.07.